The molecule has 0 spiro atoms. The molecule has 0 radical (unpaired) electrons. The van der Waals surface area contributed by atoms with Crippen molar-refractivity contribution in [1.82, 2.24) is 15.0 Å². The maximum absolute atomic E-state index is 12.5. The zero-order valence-corrected chi connectivity index (χ0v) is 12.9. The summed E-state index contributed by atoms with van der Waals surface area (Å²) in [5.41, 5.74) is 4.54. The molecule has 5 heteroatoms. The van der Waals surface area contributed by atoms with Crippen LogP contribution in [0.4, 0.5) is 5.69 Å². The van der Waals surface area contributed by atoms with Gasteiger partial charge < -0.3 is 5.32 Å². The Labute approximate surface area is 134 Å². The summed E-state index contributed by atoms with van der Waals surface area (Å²) in [5, 5.41) is 2.87. The molecule has 114 valence electrons. The van der Waals surface area contributed by atoms with Crippen molar-refractivity contribution in [1.29, 1.82) is 0 Å². The van der Waals surface area contributed by atoms with E-state index < -0.39 is 0 Å². The third-order valence-electron chi connectivity index (χ3n) is 3.48. The SMILES string of the molecule is Cc1ccc(NC(=O)c2nc(-c3cncnc3)ccc2C)cc1. The quantitative estimate of drug-likeness (QED) is 0.805. The van der Waals surface area contributed by atoms with Crippen LogP contribution in [0.3, 0.4) is 0 Å². The smallest absolute Gasteiger partial charge is 0.274 e. The second-order valence-electron chi connectivity index (χ2n) is 5.31. The van der Waals surface area contributed by atoms with Crippen molar-refractivity contribution in [2.75, 3.05) is 5.32 Å². The Morgan fingerprint density at radius 2 is 1.65 bits per heavy atom. The molecule has 2 heterocycles. The van der Waals surface area contributed by atoms with Gasteiger partial charge >= 0.3 is 0 Å². The van der Waals surface area contributed by atoms with Crippen molar-refractivity contribution in [2.24, 2.45) is 0 Å². The van der Waals surface area contributed by atoms with Gasteiger partial charge in [-0.15, -0.1) is 0 Å². The summed E-state index contributed by atoms with van der Waals surface area (Å²) in [4.78, 5) is 24.9. The molecule has 0 aliphatic carbocycles. The molecule has 3 aromatic rings. The van der Waals surface area contributed by atoms with Crippen LogP contribution >= 0.6 is 0 Å². The number of amides is 1. The van der Waals surface area contributed by atoms with Crippen molar-refractivity contribution in [2.45, 2.75) is 13.8 Å². The minimum absolute atomic E-state index is 0.231. The van der Waals surface area contributed by atoms with Gasteiger partial charge in [-0.05, 0) is 37.6 Å². The van der Waals surface area contributed by atoms with Gasteiger partial charge in [0.15, 0.2) is 0 Å². The van der Waals surface area contributed by atoms with Gasteiger partial charge in [0, 0.05) is 23.6 Å². The average Bonchev–Trinajstić information content (AvgIpc) is 2.58. The van der Waals surface area contributed by atoms with Crippen molar-refractivity contribution in [3.8, 4) is 11.3 Å². The van der Waals surface area contributed by atoms with Gasteiger partial charge in [0.25, 0.3) is 5.91 Å². The molecular formula is C18H16N4O. The molecule has 1 amide bonds. The number of benzene rings is 1. The van der Waals surface area contributed by atoms with E-state index in [0.717, 1.165) is 22.4 Å². The number of nitrogens with zero attached hydrogens (tertiary/aromatic N) is 3. The van der Waals surface area contributed by atoms with Gasteiger partial charge in [0.05, 0.1) is 5.69 Å². The number of hydrogen-bond acceptors (Lipinski definition) is 4. The highest BCUT2D eigenvalue weighted by Gasteiger charge is 2.13. The van der Waals surface area contributed by atoms with Crippen molar-refractivity contribution in [3.05, 3.63) is 71.9 Å². The standard InChI is InChI=1S/C18H16N4O/c1-12-3-6-15(7-4-12)21-18(23)17-13(2)5-8-16(22-17)14-9-19-11-20-10-14/h3-11H,1-2H3,(H,21,23). The summed E-state index contributed by atoms with van der Waals surface area (Å²) in [6, 6.07) is 11.4. The molecule has 0 atom stereocenters. The first-order valence-corrected chi connectivity index (χ1v) is 7.24. The van der Waals surface area contributed by atoms with Crippen LogP contribution in [-0.4, -0.2) is 20.9 Å². The second-order valence-corrected chi connectivity index (χ2v) is 5.31. The first kappa shape index (κ1) is 14.8. The summed E-state index contributed by atoms with van der Waals surface area (Å²) >= 11 is 0. The molecule has 0 aliphatic heterocycles. The van der Waals surface area contributed by atoms with Gasteiger partial charge in [0.1, 0.15) is 12.0 Å². The molecule has 3 rings (SSSR count). The number of anilines is 1. The number of carbonyl (C=O) groups excluding carboxylic acids is 1. The zero-order chi connectivity index (χ0) is 16.2. The molecule has 5 nitrogen and oxygen atoms in total. The van der Waals surface area contributed by atoms with E-state index in [4.69, 9.17) is 0 Å². The van der Waals surface area contributed by atoms with E-state index in [9.17, 15) is 4.79 Å². The Kier molecular flexibility index (Phi) is 4.10. The van der Waals surface area contributed by atoms with Crippen molar-refractivity contribution in [3.63, 3.8) is 0 Å². The Balaban J connectivity index is 1.89. The first-order valence-electron chi connectivity index (χ1n) is 7.24. The van der Waals surface area contributed by atoms with E-state index in [1.807, 2.05) is 50.2 Å². The van der Waals surface area contributed by atoms with E-state index >= 15 is 0 Å². The monoisotopic (exact) mass is 304 g/mol. The summed E-state index contributed by atoms with van der Waals surface area (Å²) in [5.74, 6) is -0.231. The highest BCUT2D eigenvalue weighted by molar-refractivity contribution is 6.04. The van der Waals surface area contributed by atoms with E-state index in [0.29, 0.717) is 11.4 Å². The van der Waals surface area contributed by atoms with Gasteiger partial charge in [-0.1, -0.05) is 23.8 Å². The van der Waals surface area contributed by atoms with Crippen LogP contribution in [0.2, 0.25) is 0 Å². The molecule has 0 saturated carbocycles. The molecule has 1 N–H and O–H groups in total. The number of aryl methyl sites for hydroxylation is 2. The van der Waals surface area contributed by atoms with Gasteiger partial charge in [-0.25, -0.2) is 15.0 Å². The lowest BCUT2D eigenvalue weighted by Gasteiger charge is -2.09. The lowest BCUT2D eigenvalue weighted by atomic mass is 10.1. The molecular weight excluding hydrogens is 288 g/mol. The van der Waals surface area contributed by atoms with Crippen LogP contribution in [0.15, 0.2) is 55.1 Å². The fraction of sp³-hybridized carbons (Fsp3) is 0.111. The van der Waals surface area contributed by atoms with Gasteiger partial charge in [0.2, 0.25) is 0 Å². The number of pyridine rings is 1. The van der Waals surface area contributed by atoms with E-state index in [2.05, 4.69) is 20.3 Å². The van der Waals surface area contributed by atoms with Crippen molar-refractivity contribution >= 4 is 11.6 Å². The normalized spacial score (nSPS) is 10.3. The summed E-state index contributed by atoms with van der Waals surface area (Å²) in [6.07, 6.45) is 4.81. The van der Waals surface area contributed by atoms with E-state index in [1.165, 1.54) is 6.33 Å². The Hall–Kier alpha value is -3.08. The Morgan fingerprint density at radius 3 is 2.35 bits per heavy atom. The largest absolute Gasteiger partial charge is 0.321 e. The Morgan fingerprint density at radius 1 is 0.957 bits per heavy atom. The van der Waals surface area contributed by atoms with Crippen LogP contribution < -0.4 is 5.32 Å². The predicted molar refractivity (Wildman–Crippen MR) is 89.1 cm³/mol. The van der Waals surface area contributed by atoms with Crippen LogP contribution in [0.1, 0.15) is 21.6 Å². The minimum Gasteiger partial charge on any atom is -0.321 e. The zero-order valence-electron chi connectivity index (χ0n) is 12.9. The van der Waals surface area contributed by atoms with E-state index in [-0.39, 0.29) is 5.91 Å². The average molecular weight is 304 g/mol. The third kappa shape index (κ3) is 3.40. The molecule has 0 aliphatic rings. The highest BCUT2D eigenvalue weighted by atomic mass is 16.1. The third-order valence-corrected chi connectivity index (χ3v) is 3.48. The maximum Gasteiger partial charge on any atom is 0.274 e. The number of aromatic nitrogens is 3. The lowest BCUT2D eigenvalue weighted by molar-refractivity contribution is 0.102. The molecule has 0 bridgehead atoms. The lowest BCUT2D eigenvalue weighted by Crippen LogP contribution is -2.15. The maximum atomic E-state index is 12.5. The molecule has 0 fully saturated rings. The summed E-state index contributed by atoms with van der Waals surface area (Å²) < 4.78 is 0. The van der Waals surface area contributed by atoms with Crippen LogP contribution in [0.25, 0.3) is 11.3 Å². The molecule has 0 saturated heterocycles. The van der Waals surface area contributed by atoms with Crippen LogP contribution in [0, 0.1) is 13.8 Å². The van der Waals surface area contributed by atoms with Crippen LogP contribution in [0.5, 0.6) is 0 Å². The van der Waals surface area contributed by atoms with Crippen molar-refractivity contribution < 1.29 is 4.79 Å². The number of nitrogens with one attached hydrogen (secondary N) is 1. The second kappa shape index (κ2) is 6.36. The minimum atomic E-state index is -0.231. The molecule has 2 aromatic heterocycles. The number of hydrogen-bond donors (Lipinski definition) is 1. The topological polar surface area (TPSA) is 67.8 Å². The molecule has 23 heavy (non-hydrogen) atoms. The highest BCUT2D eigenvalue weighted by Crippen LogP contribution is 2.18. The number of carbonyl (C=O) groups is 1. The number of rotatable bonds is 3. The van der Waals surface area contributed by atoms with Gasteiger partial charge in [-0.2, -0.15) is 0 Å². The fourth-order valence-corrected chi connectivity index (χ4v) is 2.18. The van der Waals surface area contributed by atoms with Crippen LogP contribution in [-0.2, 0) is 0 Å². The molecule has 1 aromatic carbocycles. The molecule has 0 unspecified atom stereocenters. The first-order chi connectivity index (χ1) is 11.1. The Bertz CT molecular complexity index is 829. The predicted octanol–water partition coefficient (Wildman–Crippen LogP) is 3.41. The summed E-state index contributed by atoms with van der Waals surface area (Å²) in [6.45, 7) is 3.87. The fourth-order valence-electron chi connectivity index (χ4n) is 2.18. The summed E-state index contributed by atoms with van der Waals surface area (Å²) in [7, 11) is 0. The van der Waals surface area contributed by atoms with Gasteiger partial charge in [-0.3, -0.25) is 4.79 Å². The van der Waals surface area contributed by atoms with E-state index in [1.54, 1.807) is 12.4 Å².